The molecule has 1 saturated heterocycles. The van der Waals surface area contributed by atoms with Gasteiger partial charge in [0.2, 0.25) is 0 Å². The zero-order valence-electron chi connectivity index (χ0n) is 15.7. The minimum atomic E-state index is -1.07. The Hall–Kier alpha value is -2.28. The van der Waals surface area contributed by atoms with E-state index in [0.29, 0.717) is 52.4 Å². The molecule has 0 aromatic carbocycles. The molecule has 1 rings (SSSR count). The van der Waals surface area contributed by atoms with Crippen molar-refractivity contribution in [2.24, 2.45) is 0 Å². The molecule has 4 N–H and O–H groups in total. The number of carboxylic acids is 4. The van der Waals surface area contributed by atoms with Gasteiger partial charge >= 0.3 is 23.9 Å². The number of hydrogen-bond acceptors (Lipinski definition) is 8. The Morgan fingerprint density at radius 1 is 0.571 bits per heavy atom. The van der Waals surface area contributed by atoms with E-state index in [-0.39, 0.29) is 26.2 Å². The topological polar surface area (TPSA) is 162 Å². The fourth-order valence-electron chi connectivity index (χ4n) is 3.00. The van der Waals surface area contributed by atoms with Gasteiger partial charge in [0.15, 0.2) is 0 Å². The van der Waals surface area contributed by atoms with Crippen molar-refractivity contribution in [3.05, 3.63) is 0 Å². The predicted molar refractivity (Wildman–Crippen MR) is 96.3 cm³/mol. The van der Waals surface area contributed by atoms with Crippen molar-refractivity contribution in [1.29, 1.82) is 0 Å². The standard InChI is InChI=1S/C16H28N4O8/c21-13(22)9-19(10-14(23)24)7-5-17-1-2-18(4-3-17)6-8-20(11-15(25)26)12-16(27)28/h1-12H2,(H,21,22)(H,23,24)(H,25,26)(H,27,28). The summed E-state index contributed by atoms with van der Waals surface area (Å²) in [5.41, 5.74) is 0. The third-order valence-electron chi connectivity index (χ3n) is 4.37. The first-order valence-corrected chi connectivity index (χ1v) is 8.92. The molecule has 12 nitrogen and oxygen atoms in total. The van der Waals surface area contributed by atoms with Crippen LogP contribution in [0.2, 0.25) is 0 Å². The molecule has 0 atom stereocenters. The molecule has 0 aliphatic carbocycles. The van der Waals surface area contributed by atoms with Crippen LogP contribution in [0.25, 0.3) is 0 Å². The molecule has 0 radical (unpaired) electrons. The van der Waals surface area contributed by atoms with Gasteiger partial charge in [-0.15, -0.1) is 0 Å². The van der Waals surface area contributed by atoms with Crippen molar-refractivity contribution in [3.63, 3.8) is 0 Å². The van der Waals surface area contributed by atoms with E-state index >= 15 is 0 Å². The van der Waals surface area contributed by atoms with Crippen molar-refractivity contribution >= 4 is 23.9 Å². The van der Waals surface area contributed by atoms with E-state index in [9.17, 15) is 19.2 Å². The van der Waals surface area contributed by atoms with Gasteiger partial charge in [-0.05, 0) is 0 Å². The average molecular weight is 404 g/mol. The Labute approximate surface area is 162 Å². The number of piperazine rings is 1. The van der Waals surface area contributed by atoms with Crippen molar-refractivity contribution in [1.82, 2.24) is 19.6 Å². The van der Waals surface area contributed by atoms with Gasteiger partial charge in [-0.3, -0.25) is 38.8 Å². The van der Waals surface area contributed by atoms with Gasteiger partial charge in [-0.2, -0.15) is 0 Å². The average Bonchev–Trinajstić information content (AvgIpc) is 2.56. The summed E-state index contributed by atoms with van der Waals surface area (Å²) >= 11 is 0. The van der Waals surface area contributed by atoms with E-state index in [4.69, 9.17) is 20.4 Å². The quantitative estimate of drug-likeness (QED) is 0.242. The summed E-state index contributed by atoms with van der Waals surface area (Å²) in [7, 11) is 0. The summed E-state index contributed by atoms with van der Waals surface area (Å²) in [4.78, 5) is 50.2. The Bertz CT molecular complexity index is 471. The van der Waals surface area contributed by atoms with E-state index in [1.54, 1.807) is 0 Å². The highest BCUT2D eigenvalue weighted by atomic mass is 16.4. The van der Waals surface area contributed by atoms with Crippen LogP contribution in [0, 0.1) is 0 Å². The van der Waals surface area contributed by atoms with Crippen LogP contribution in [0.15, 0.2) is 0 Å². The van der Waals surface area contributed by atoms with Crippen molar-refractivity contribution in [2.45, 2.75) is 0 Å². The van der Waals surface area contributed by atoms with Gasteiger partial charge in [0.05, 0.1) is 26.2 Å². The summed E-state index contributed by atoms with van der Waals surface area (Å²) in [6.07, 6.45) is 0. The lowest BCUT2D eigenvalue weighted by atomic mass is 10.3. The first-order chi connectivity index (χ1) is 13.2. The highest BCUT2D eigenvalue weighted by Crippen LogP contribution is 2.03. The Kier molecular flexibility index (Phi) is 10.4. The molecule has 0 aromatic rings. The molecule has 0 saturated carbocycles. The van der Waals surface area contributed by atoms with E-state index < -0.39 is 23.9 Å². The van der Waals surface area contributed by atoms with Crippen molar-refractivity contribution in [3.8, 4) is 0 Å². The number of carboxylic acid groups (broad SMARTS) is 4. The molecule has 1 heterocycles. The van der Waals surface area contributed by atoms with Crippen LogP contribution in [0.3, 0.4) is 0 Å². The maximum atomic E-state index is 10.8. The number of aliphatic carboxylic acids is 4. The Balaban J connectivity index is 2.35. The second-order valence-electron chi connectivity index (χ2n) is 6.68. The third-order valence-corrected chi connectivity index (χ3v) is 4.37. The van der Waals surface area contributed by atoms with Crippen LogP contribution in [-0.2, 0) is 19.2 Å². The summed E-state index contributed by atoms with van der Waals surface area (Å²) in [6, 6.07) is 0. The van der Waals surface area contributed by atoms with Gasteiger partial charge in [-0.25, -0.2) is 0 Å². The molecule has 1 aliphatic heterocycles. The second-order valence-corrected chi connectivity index (χ2v) is 6.68. The number of nitrogens with zero attached hydrogens (tertiary/aromatic N) is 4. The van der Waals surface area contributed by atoms with Crippen LogP contribution in [0.1, 0.15) is 0 Å². The predicted octanol–water partition coefficient (Wildman–Crippen LogP) is -2.45. The van der Waals surface area contributed by atoms with Gasteiger partial charge in [0.25, 0.3) is 0 Å². The lowest BCUT2D eigenvalue weighted by Crippen LogP contribution is -2.51. The first kappa shape index (κ1) is 23.8. The highest BCUT2D eigenvalue weighted by molar-refractivity contribution is 5.73. The van der Waals surface area contributed by atoms with Crippen LogP contribution in [-0.4, -0.2) is 142 Å². The van der Waals surface area contributed by atoms with Gasteiger partial charge in [0, 0.05) is 52.4 Å². The monoisotopic (exact) mass is 404 g/mol. The summed E-state index contributed by atoms with van der Waals surface area (Å²) in [5, 5.41) is 35.4. The third kappa shape index (κ3) is 10.8. The van der Waals surface area contributed by atoms with Crippen molar-refractivity contribution in [2.75, 3.05) is 78.5 Å². The molecular weight excluding hydrogens is 376 g/mol. The van der Waals surface area contributed by atoms with Crippen LogP contribution in [0.4, 0.5) is 0 Å². The molecule has 0 bridgehead atoms. The molecular formula is C16H28N4O8. The largest absolute Gasteiger partial charge is 0.480 e. The maximum Gasteiger partial charge on any atom is 0.317 e. The van der Waals surface area contributed by atoms with Crippen LogP contribution in [0.5, 0.6) is 0 Å². The molecule has 1 aliphatic rings. The minimum absolute atomic E-state index is 0.324. The highest BCUT2D eigenvalue weighted by Gasteiger charge is 2.20. The number of hydrogen-bond donors (Lipinski definition) is 4. The van der Waals surface area contributed by atoms with Crippen LogP contribution >= 0.6 is 0 Å². The van der Waals surface area contributed by atoms with Gasteiger partial charge in [-0.1, -0.05) is 0 Å². The lowest BCUT2D eigenvalue weighted by molar-refractivity contribution is -0.144. The SMILES string of the molecule is O=C(O)CN(CCN1CCN(CCN(CC(=O)O)CC(=O)O)CC1)CC(=O)O. The van der Waals surface area contributed by atoms with Gasteiger partial charge in [0.1, 0.15) is 0 Å². The molecule has 0 unspecified atom stereocenters. The van der Waals surface area contributed by atoms with Crippen LogP contribution < -0.4 is 0 Å². The van der Waals surface area contributed by atoms with E-state index in [1.807, 2.05) is 0 Å². The van der Waals surface area contributed by atoms with Crippen molar-refractivity contribution < 1.29 is 39.6 Å². The molecule has 12 heteroatoms. The molecule has 0 aromatic heterocycles. The van der Waals surface area contributed by atoms with E-state index in [2.05, 4.69) is 9.80 Å². The van der Waals surface area contributed by atoms with E-state index in [1.165, 1.54) is 9.80 Å². The molecule has 0 spiro atoms. The smallest absolute Gasteiger partial charge is 0.317 e. The molecule has 1 fully saturated rings. The molecule has 28 heavy (non-hydrogen) atoms. The number of carbonyl (C=O) groups is 4. The zero-order valence-corrected chi connectivity index (χ0v) is 15.7. The lowest BCUT2D eigenvalue weighted by Gasteiger charge is -2.36. The summed E-state index contributed by atoms with van der Waals surface area (Å²) in [6.45, 7) is 3.34. The minimum Gasteiger partial charge on any atom is -0.480 e. The fourth-order valence-corrected chi connectivity index (χ4v) is 3.00. The number of rotatable bonds is 14. The Morgan fingerprint density at radius 2 is 0.821 bits per heavy atom. The first-order valence-electron chi connectivity index (χ1n) is 8.92. The normalized spacial score (nSPS) is 15.8. The van der Waals surface area contributed by atoms with Gasteiger partial charge < -0.3 is 20.4 Å². The Morgan fingerprint density at radius 3 is 1.04 bits per heavy atom. The summed E-state index contributed by atoms with van der Waals surface area (Å²) in [5.74, 6) is -4.28. The summed E-state index contributed by atoms with van der Waals surface area (Å²) < 4.78 is 0. The second kappa shape index (κ2) is 12.2. The fraction of sp³-hybridized carbons (Fsp3) is 0.750. The molecule has 0 amide bonds. The maximum absolute atomic E-state index is 10.8. The zero-order chi connectivity index (χ0) is 21.1. The molecule has 160 valence electrons. The van der Waals surface area contributed by atoms with E-state index in [0.717, 1.165) is 0 Å².